The Kier molecular flexibility index (Phi) is 7.74. The first-order valence-corrected chi connectivity index (χ1v) is 12.7. The van der Waals surface area contributed by atoms with E-state index in [0.717, 1.165) is 39.1 Å². The largest absolute Gasteiger partial charge is 0.454 e. The van der Waals surface area contributed by atoms with Crippen LogP contribution in [0.1, 0.15) is 12.0 Å². The minimum absolute atomic E-state index is 0.0899. The summed E-state index contributed by atoms with van der Waals surface area (Å²) in [4.78, 5) is 12.3. The number of sulfonamides is 1. The first-order valence-electron chi connectivity index (χ1n) is 9.30. The van der Waals surface area contributed by atoms with Crippen molar-refractivity contribution in [3.05, 3.63) is 53.1 Å². The Morgan fingerprint density at radius 2 is 1.97 bits per heavy atom. The fourth-order valence-electron chi connectivity index (χ4n) is 2.83. The Morgan fingerprint density at radius 3 is 2.73 bits per heavy atom. The van der Waals surface area contributed by atoms with Gasteiger partial charge in [-0.15, -0.1) is 0 Å². The number of anilines is 1. The van der Waals surface area contributed by atoms with E-state index < -0.39 is 10.0 Å². The van der Waals surface area contributed by atoms with Crippen molar-refractivity contribution in [2.75, 3.05) is 36.2 Å². The number of fused-ring (bicyclic) bond motifs is 1. The molecule has 0 bridgehead atoms. The van der Waals surface area contributed by atoms with Crippen LogP contribution < -0.4 is 19.1 Å². The monoisotopic (exact) mass is 470 g/mol. The summed E-state index contributed by atoms with van der Waals surface area (Å²) >= 11 is 7.86. The van der Waals surface area contributed by atoms with Crippen LogP contribution in [-0.2, 0) is 20.6 Å². The fraction of sp³-hybridized carbons (Fsp3) is 0.350. The molecule has 0 spiro atoms. The van der Waals surface area contributed by atoms with E-state index >= 15 is 0 Å². The number of nitrogens with one attached hydrogen (secondary N) is 1. The van der Waals surface area contributed by atoms with Gasteiger partial charge in [-0.1, -0.05) is 29.8 Å². The molecule has 30 heavy (non-hydrogen) atoms. The number of carbonyl (C=O) groups is 1. The molecular weight excluding hydrogens is 448 g/mol. The lowest BCUT2D eigenvalue weighted by Crippen LogP contribution is -2.40. The number of hydrogen-bond donors (Lipinski definition) is 1. The minimum atomic E-state index is -3.64. The standard InChI is InChI=1S/C20H23ClN2O5S2/c1-30(25,26)23(16-7-8-18-19(11-16)28-14-27-18)12-20(24)22-9-4-10-29-13-15-5-2-3-6-17(15)21/h2-3,5-8,11H,4,9-10,12-14H2,1H3,(H,22,24). The molecule has 0 radical (unpaired) electrons. The van der Waals surface area contributed by atoms with Crippen molar-refractivity contribution in [2.24, 2.45) is 0 Å². The molecule has 1 aliphatic rings. The quantitative estimate of drug-likeness (QED) is 0.536. The topological polar surface area (TPSA) is 84.9 Å². The molecular formula is C20H23ClN2O5S2. The molecule has 0 fully saturated rings. The molecule has 2 aromatic carbocycles. The van der Waals surface area contributed by atoms with Gasteiger partial charge in [0.25, 0.3) is 0 Å². The maximum Gasteiger partial charge on any atom is 0.240 e. The zero-order valence-electron chi connectivity index (χ0n) is 16.5. The van der Waals surface area contributed by atoms with Crippen LogP contribution in [0.5, 0.6) is 11.5 Å². The normalized spacial score (nSPS) is 12.6. The Hall–Kier alpha value is -2.10. The molecule has 1 amide bonds. The summed E-state index contributed by atoms with van der Waals surface area (Å²) in [7, 11) is -3.64. The number of carbonyl (C=O) groups excluding carboxylic acids is 1. The zero-order valence-corrected chi connectivity index (χ0v) is 18.9. The third kappa shape index (κ3) is 6.20. The van der Waals surface area contributed by atoms with E-state index in [1.54, 1.807) is 30.0 Å². The molecule has 0 atom stereocenters. The van der Waals surface area contributed by atoms with Crippen molar-refractivity contribution in [1.82, 2.24) is 5.32 Å². The lowest BCUT2D eigenvalue weighted by molar-refractivity contribution is -0.119. The van der Waals surface area contributed by atoms with Crippen molar-refractivity contribution in [3.8, 4) is 11.5 Å². The molecule has 0 saturated carbocycles. The predicted molar refractivity (Wildman–Crippen MR) is 120 cm³/mol. The van der Waals surface area contributed by atoms with Gasteiger partial charge < -0.3 is 14.8 Å². The highest BCUT2D eigenvalue weighted by atomic mass is 35.5. The second kappa shape index (κ2) is 10.3. The van der Waals surface area contributed by atoms with E-state index in [-0.39, 0.29) is 19.2 Å². The predicted octanol–water partition coefficient (Wildman–Crippen LogP) is 3.27. The van der Waals surface area contributed by atoms with Gasteiger partial charge in [-0.3, -0.25) is 9.10 Å². The minimum Gasteiger partial charge on any atom is -0.454 e. The summed E-state index contributed by atoms with van der Waals surface area (Å²) < 4.78 is 36.0. The lowest BCUT2D eigenvalue weighted by Gasteiger charge is -2.22. The number of thioether (sulfide) groups is 1. The van der Waals surface area contributed by atoms with E-state index in [2.05, 4.69) is 5.32 Å². The van der Waals surface area contributed by atoms with Gasteiger partial charge in [-0.25, -0.2) is 8.42 Å². The summed E-state index contributed by atoms with van der Waals surface area (Å²) in [5.41, 5.74) is 1.44. The van der Waals surface area contributed by atoms with Gasteiger partial charge in [0.1, 0.15) is 6.54 Å². The van der Waals surface area contributed by atoms with Gasteiger partial charge in [0, 0.05) is 23.4 Å². The van der Waals surface area contributed by atoms with Crippen molar-refractivity contribution in [3.63, 3.8) is 0 Å². The SMILES string of the molecule is CS(=O)(=O)N(CC(=O)NCCCSCc1ccccc1Cl)c1ccc2c(c1)OCO2. The van der Waals surface area contributed by atoms with Crippen LogP contribution in [0, 0.1) is 0 Å². The van der Waals surface area contributed by atoms with E-state index in [4.69, 9.17) is 21.1 Å². The maximum absolute atomic E-state index is 12.3. The lowest BCUT2D eigenvalue weighted by atomic mass is 10.2. The summed E-state index contributed by atoms with van der Waals surface area (Å²) in [6.07, 6.45) is 1.83. The highest BCUT2D eigenvalue weighted by molar-refractivity contribution is 7.98. The van der Waals surface area contributed by atoms with Gasteiger partial charge in [-0.05, 0) is 35.9 Å². The molecule has 2 aromatic rings. The van der Waals surface area contributed by atoms with Gasteiger partial charge >= 0.3 is 0 Å². The average molecular weight is 471 g/mol. The third-order valence-corrected chi connectivity index (χ3v) is 6.94. The van der Waals surface area contributed by atoms with Crippen LogP contribution >= 0.6 is 23.4 Å². The summed E-state index contributed by atoms with van der Waals surface area (Å²) in [6, 6.07) is 12.5. The van der Waals surface area contributed by atoms with E-state index in [9.17, 15) is 13.2 Å². The molecule has 10 heteroatoms. The summed E-state index contributed by atoms with van der Waals surface area (Å²) in [5.74, 6) is 2.29. The Bertz CT molecular complexity index is 1000. The van der Waals surface area contributed by atoms with Crippen LogP contribution in [0.25, 0.3) is 0 Å². The molecule has 1 aliphatic heterocycles. The van der Waals surface area contributed by atoms with Crippen molar-refractivity contribution in [2.45, 2.75) is 12.2 Å². The average Bonchev–Trinajstić information content (AvgIpc) is 3.17. The molecule has 7 nitrogen and oxygen atoms in total. The van der Waals surface area contributed by atoms with Crippen LogP contribution in [-0.4, -0.2) is 46.2 Å². The van der Waals surface area contributed by atoms with Crippen LogP contribution in [0.15, 0.2) is 42.5 Å². The van der Waals surface area contributed by atoms with Gasteiger partial charge in [-0.2, -0.15) is 11.8 Å². The van der Waals surface area contributed by atoms with Crippen molar-refractivity contribution >= 4 is 45.0 Å². The smallest absolute Gasteiger partial charge is 0.240 e. The van der Waals surface area contributed by atoms with Gasteiger partial charge in [0.15, 0.2) is 11.5 Å². The first kappa shape index (κ1) is 22.6. The molecule has 1 N–H and O–H groups in total. The third-order valence-electron chi connectivity index (χ3n) is 4.33. The first-order chi connectivity index (χ1) is 14.3. The highest BCUT2D eigenvalue weighted by Crippen LogP contribution is 2.36. The van der Waals surface area contributed by atoms with Crippen LogP contribution in [0.3, 0.4) is 0 Å². The van der Waals surface area contributed by atoms with Gasteiger partial charge in [0.2, 0.25) is 22.7 Å². The maximum atomic E-state index is 12.3. The highest BCUT2D eigenvalue weighted by Gasteiger charge is 2.23. The van der Waals surface area contributed by atoms with E-state index in [1.165, 1.54) is 0 Å². The number of nitrogens with zero attached hydrogens (tertiary/aromatic N) is 1. The Balaban J connectivity index is 1.45. The molecule has 0 aliphatic carbocycles. The number of halogens is 1. The number of ether oxygens (including phenoxy) is 2. The second-order valence-electron chi connectivity index (χ2n) is 6.65. The van der Waals surface area contributed by atoms with E-state index in [1.807, 2.05) is 24.3 Å². The van der Waals surface area contributed by atoms with Crippen LogP contribution in [0.4, 0.5) is 5.69 Å². The van der Waals surface area contributed by atoms with Crippen LogP contribution in [0.2, 0.25) is 5.02 Å². The summed E-state index contributed by atoms with van der Waals surface area (Å²) in [6.45, 7) is 0.255. The molecule has 3 rings (SSSR count). The van der Waals surface area contributed by atoms with Gasteiger partial charge in [0.05, 0.1) is 11.9 Å². The number of benzene rings is 2. The molecule has 162 valence electrons. The molecule has 0 unspecified atom stereocenters. The van der Waals surface area contributed by atoms with E-state index in [0.29, 0.717) is 23.7 Å². The summed E-state index contributed by atoms with van der Waals surface area (Å²) in [5, 5.41) is 3.53. The molecule has 0 saturated heterocycles. The van der Waals surface area contributed by atoms with Crippen molar-refractivity contribution < 1.29 is 22.7 Å². The number of hydrogen-bond acceptors (Lipinski definition) is 6. The van der Waals surface area contributed by atoms with Crippen molar-refractivity contribution in [1.29, 1.82) is 0 Å². The number of rotatable bonds is 10. The number of amides is 1. The fourth-order valence-corrected chi connectivity index (χ4v) is 4.92. The molecule has 0 aromatic heterocycles. The Morgan fingerprint density at radius 1 is 1.20 bits per heavy atom. The zero-order chi connectivity index (χ0) is 21.6. The second-order valence-corrected chi connectivity index (χ2v) is 10.1. The Labute approximate surface area is 185 Å². The molecule has 1 heterocycles.